The van der Waals surface area contributed by atoms with E-state index < -0.39 is 0 Å². The number of nitrogens with one attached hydrogen (secondary N) is 2. The number of benzene rings is 1. The van der Waals surface area contributed by atoms with Crippen molar-refractivity contribution in [2.24, 2.45) is 7.05 Å². The monoisotopic (exact) mass is 312 g/mol. The van der Waals surface area contributed by atoms with E-state index in [1.54, 1.807) is 10.9 Å². The molecule has 3 aromatic rings. The highest BCUT2D eigenvalue weighted by atomic mass is 16.3. The minimum Gasteiger partial charge on any atom is -0.461 e. The number of amides is 2. The number of furan rings is 1. The number of carbonyl (C=O) groups excluding carboxylic acids is 1. The van der Waals surface area contributed by atoms with E-state index in [0.717, 1.165) is 27.9 Å². The largest absolute Gasteiger partial charge is 0.461 e. The molecule has 6 nitrogen and oxygen atoms in total. The molecule has 0 saturated heterocycles. The maximum Gasteiger partial charge on any atom is 0.315 e. The van der Waals surface area contributed by atoms with E-state index in [1.807, 2.05) is 51.4 Å². The van der Waals surface area contributed by atoms with Crippen molar-refractivity contribution in [2.45, 2.75) is 26.4 Å². The van der Waals surface area contributed by atoms with Gasteiger partial charge in [0.15, 0.2) is 0 Å². The minimum atomic E-state index is -0.217. The van der Waals surface area contributed by atoms with Crippen molar-refractivity contribution in [3.8, 4) is 0 Å². The first-order chi connectivity index (χ1) is 11.0. The lowest BCUT2D eigenvalue weighted by Crippen LogP contribution is -2.36. The molecule has 0 aliphatic carbocycles. The SMILES string of the molecule is Cc1oc2ccccc2c1CNC(=O)N[C@H](C)c1cnn(C)c1. The molecule has 2 heterocycles. The van der Waals surface area contributed by atoms with Gasteiger partial charge in [-0.1, -0.05) is 18.2 Å². The molecule has 0 radical (unpaired) electrons. The molecule has 6 heteroatoms. The number of nitrogens with zero attached hydrogens (tertiary/aromatic N) is 2. The summed E-state index contributed by atoms with van der Waals surface area (Å²) in [4.78, 5) is 12.1. The molecule has 2 N–H and O–H groups in total. The molecule has 0 aliphatic heterocycles. The molecular formula is C17H20N4O2. The van der Waals surface area contributed by atoms with Gasteiger partial charge in [-0.05, 0) is 19.9 Å². The van der Waals surface area contributed by atoms with Crippen LogP contribution in [0.1, 0.15) is 29.9 Å². The van der Waals surface area contributed by atoms with Crippen LogP contribution in [0.4, 0.5) is 4.79 Å². The van der Waals surface area contributed by atoms with Crippen LogP contribution in [-0.4, -0.2) is 15.8 Å². The Labute approximate surface area is 134 Å². The van der Waals surface area contributed by atoms with Crippen molar-refractivity contribution in [3.05, 3.63) is 53.5 Å². The van der Waals surface area contributed by atoms with Crippen molar-refractivity contribution in [1.82, 2.24) is 20.4 Å². The van der Waals surface area contributed by atoms with Crippen LogP contribution in [0, 0.1) is 6.92 Å². The van der Waals surface area contributed by atoms with Gasteiger partial charge in [0, 0.05) is 36.3 Å². The number of aromatic nitrogens is 2. The number of para-hydroxylation sites is 1. The van der Waals surface area contributed by atoms with Crippen LogP contribution in [0.25, 0.3) is 11.0 Å². The van der Waals surface area contributed by atoms with Gasteiger partial charge in [0.25, 0.3) is 0 Å². The van der Waals surface area contributed by atoms with Crippen molar-refractivity contribution >= 4 is 17.0 Å². The van der Waals surface area contributed by atoms with Crippen LogP contribution in [0.15, 0.2) is 41.1 Å². The fourth-order valence-electron chi connectivity index (χ4n) is 2.60. The Hall–Kier alpha value is -2.76. The number of urea groups is 1. The quantitative estimate of drug-likeness (QED) is 0.778. The number of aryl methyl sites for hydroxylation is 2. The first kappa shape index (κ1) is 15.1. The number of rotatable bonds is 4. The standard InChI is InChI=1S/C17H20N4O2/c1-11(13-8-19-21(3)10-13)20-17(22)18-9-15-12(2)23-16-7-5-4-6-14(15)16/h4-8,10-11H,9H2,1-3H3,(H2,18,20,22)/t11-/m1/s1. The lowest BCUT2D eigenvalue weighted by atomic mass is 10.1. The van der Waals surface area contributed by atoms with Crippen molar-refractivity contribution in [2.75, 3.05) is 0 Å². The maximum absolute atomic E-state index is 12.1. The Morgan fingerprint density at radius 2 is 2.17 bits per heavy atom. The minimum absolute atomic E-state index is 0.106. The van der Waals surface area contributed by atoms with Gasteiger partial charge in [-0.3, -0.25) is 4.68 Å². The summed E-state index contributed by atoms with van der Waals surface area (Å²) in [5.41, 5.74) is 2.81. The second-order valence-corrected chi connectivity index (χ2v) is 5.63. The predicted octanol–water partition coefficient (Wildman–Crippen LogP) is 3.04. The van der Waals surface area contributed by atoms with Gasteiger partial charge in [0.05, 0.1) is 12.2 Å². The third-order valence-electron chi connectivity index (χ3n) is 3.90. The fraction of sp³-hybridized carbons (Fsp3) is 0.294. The number of fused-ring (bicyclic) bond motifs is 1. The van der Waals surface area contributed by atoms with Crippen molar-refractivity contribution < 1.29 is 9.21 Å². The second-order valence-electron chi connectivity index (χ2n) is 5.63. The van der Waals surface area contributed by atoms with E-state index in [1.165, 1.54) is 0 Å². The van der Waals surface area contributed by atoms with Gasteiger partial charge in [-0.2, -0.15) is 5.10 Å². The Morgan fingerprint density at radius 1 is 1.39 bits per heavy atom. The molecule has 0 aliphatic rings. The smallest absolute Gasteiger partial charge is 0.315 e. The molecular weight excluding hydrogens is 292 g/mol. The van der Waals surface area contributed by atoms with Crippen molar-refractivity contribution in [1.29, 1.82) is 0 Å². The summed E-state index contributed by atoms with van der Waals surface area (Å²) in [5.74, 6) is 0.826. The summed E-state index contributed by atoms with van der Waals surface area (Å²) in [7, 11) is 1.85. The third kappa shape index (κ3) is 3.21. The molecule has 0 bridgehead atoms. The summed E-state index contributed by atoms with van der Waals surface area (Å²) < 4.78 is 7.42. The number of carbonyl (C=O) groups is 1. The molecule has 23 heavy (non-hydrogen) atoms. The van der Waals surface area contributed by atoms with Gasteiger partial charge in [0.2, 0.25) is 0 Å². The van der Waals surface area contributed by atoms with E-state index in [0.29, 0.717) is 6.54 Å². The average Bonchev–Trinajstić information content (AvgIpc) is 3.08. The summed E-state index contributed by atoms with van der Waals surface area (Å²) in [5, 5.41) is 10.9. The Kier molecular flexibility index (Phi) is 4.06. The summed E-state index contributed by atoms with van der Waals surface area (Å²) >= 11 is 0. The van der Waals surface area contributed by atoms with Gasteiger partial charge < -0.3 is 15.1 Å². The number of hydrogen-bond acceptors (Lipinski definition) is 3. The zero-order valence-electron chi connectivity index (χ0n) is 13.5. The van der Waals surface area contributed by atoms with Crippen LogP contribution in [-0.2, 0) is 13.6 Å². The van der Waals surface area contributed by atoms with Crippen LogP contribution in [0.5, 0.6) is 0 Å². The van der Waals surface area contributed by atoms with E-state index >= 15 is 0 Å². The Morgan fingerprint density at radius 3 is 2.91 bits per heavy atom. The highest BCUT2D eigenvalue weighted by Crippen LogP contribution is 2.24. The fourth-order valence-corrected chi connectivity index (χ4v) is 2.60. The second kappa shape index (κ2) is 6.16. The summed E-state index contributed by atoms with van der Waals surface area (Å²) in [6, 6.07) is 7.50. The van der Waals surface area contributed by atoms with Crippen LogP contribution in [0.3, 0.4) is 0 Å². The predicted molar refractivity (Wildman–Crippen MR) is 87.9 cm³/mol. The highest BCUT2D eigenvalue weighted by Gasteiger charge is 2.13. The van der Waals surface area contributed by atoms with Gasteiger partial charge in [-0.15, -0.1) is 0 Å². The van der Waals surface area contributed by atoms with Crippen LogP contribution < -0.4 is 10.6 Å². The van der Waals surface area contributed by atoms with E-state index in [4.69, 9.17) is 4.42 Å². The first-order valence-corrected chi connectivity index (χ1v) is 7.54. The van der Waals surface area contributed by atoms with Crippen molar-refractivity contribution in [3.63, 3.8) is 0 Å². The van der Waals surface area contributed by atoms with E-state index in [9.17, 15) is 4.79 Å². The van der Waals surface area contributed by atoms with Gasteiger partial charge in [-0.25, -0.2) is 4.79 Å². The van der Waals surface area contributed by atoms with Crippen LogP contribution >= 0.6 is 0 Å². The number of hydrogen-bond donors (Lipinski definition) is 2. The third-order valence-corrected chi connectivity index (χ3v) is 3.90. The molecule has 120 valence electrons. The lowest BCUT2D eigenvalue weighted by molar-refractivity contribution is 0.237. The van der Waals surface area contributed by atoms with Gasteiger partial charge in [0.1, 0.15) is 11.3 Å². The summed E-state index contributed by atoms with van der Waals surface area (Å²) in [6.45, 7) is 4.26. The van der Waals surface area contributed by atoms with Crippen LogP contribution in [0.2, 0.25) is 0 Å². The van der Waals surface area contributed by atoms with E-state index in [-0.39, 0.29) is 12.1 Å². The molecule has 0 spiro atoms. The molecule has 2 aromatic heterocycles. The normalized spacial score (nSPS) is 12.3. The molecule has 0 unspecified atom stereocenters. The van der Waals surface area contributed by atoms with E-state index in [2.05, 4.69) is 15.7 Å². The lowest BCUT2D eigenvalue weighted by Gasteiger charge is -2.13. The average molecular weight is 312 g/mol. The Bertz CT molecular complexity index is 834. The maximum atomic E-state index is 12.1. The topological polar surface area (TPSA) is 72.1 Å². The van der Waals surface area contributed by atoms with Gasteiger partial charge >= 0.3 is 6.03 Å². The highest BCUT2D eigenvalue weighted by molar-refractivity contribution is 5.83. The first-order valence-electron chi connectivity index (χ1n) is 7.54. The molecule has 0 fully saturated rings. The molecule has 3 rings (SSSR count). The molecule has 0 saturated carbocycles. The molecule has 1 aromatic carbocycles. The molecule has 1 atom stereocenters. The Balaban J connectivity index is 1.63. The zero-order valence-corrected chi connectivity index (χ0v) is 13.5. The molecule has 2 amide bonds. The zero-order chi connectivity index (χ0) is 16.4. The summed E-state index contributed by atoms with van der Waals surface area (Å²) in [6.07, 6.45) is 3.64.